The fourth-order valence-corrected chi connectivity index (χ4v) is 3.33. The van der Waals surface area contributed by atoms with Gasteiger partial charge >= 0.3 is 5.97 Å². The van der Waals surface area contributed by atoms with Crippen molar-refractivity contribution in [1.82, 2.24) is 4.98 Å². The number of ether oxygens (including phenoxy) is 2. The lowest BCUT2D eigenvalue weighted by Gasteiger charge is -2.13. The first-order valence-corrected chi connectivity index (χ1v) is 11.4. The van der Waals surface area contributed by atoms with Crippen LogP contribution in [0.5, 0.6) is 17.4 Å². The Morgan fingerprint density at radius 2 is 1.76 bits per heavy atom. The summed E-state index contributed by atoms with van der Waals surface area (Å²) in [5.74, 6) is 0.933. The Kier molecular flexibility index (Phi) is 9.03. The number of anilines is 1. The Morgan fingerprint density at radius 3 is 2.44 bits per heavy atom. The average Bonchev–Trinajstić information content (AvgIpc) is 2.83. The zero-order valence-corrected chi connectivity index (χ0v) is 19.5. The van der Waals surface area contributed by atoms with Gasteiger partial charge in [-0.2, -0.15) is 0 Å². The number of carbonyl (C=O) groups excluding carboxylic acids is 1. The second-order valence-corrected chi connectivity index (χ2v) is 8.21. The van der Waals surface area contributed by atoms with Crippen molar-refractivity contribution in [2.75, 3.05) is 11.9 Å². The molecule has 178 valence electrons. The summed E-state index contributed by atoms with van der Waals surface area (Å²) in [6, 6.07) is 17.1. The molecule has 1 heterocycles. The van der Waals surface area contributed by atoms with E-state index in [4.69, 9.17) is 9.47 Å². The molecule has 34 heavy (non-hydrogen) atoms. The molecular weight excluding hydrogens is 432 g/mol. The molecule has 0 saturated carbocycles. The molecule has 1 amide bonds. The molecule has 7 heteroatoms. The van der Waals surface area contributed by atoms with Gasteiger partial charge in [-0.05, 0) is 54.3 Å². The molecule has 0 aliphatic heterocycles. The molecule has 0 fully saturated rings. The molecule has 1 unspecified atom stereocenters. The lowest BCUT2D eigenvalue weighted by molar-refractivity contribution is -0.115. The van der Waals surface area contributed by atoms with Crippen LogP contribution in [0.15, 0.2) is 66.9 Å². The van der Waals surface area contributed by atoms with E-state index in [0.717, 1.165) is 12.2 Å². The lowest BCUT2D eigenvalue weighted by Crippen LogP contribution is -2.16. The minimum atomic E-state index is -1.10. The number of carboxylic acids is 1. The maximum Gasteiger partial charge on any atom is 0.337 e. The van der Waals surface area contributed by atoms with Gasteiger partial charge in [-0.3, -0.25) is 4.79 Å². The van der Waals surface area contributed by atoms with Crippen LogP contribution in [0.25, 0.3) is 0 Å². The third kappa shape index (κ3) is 7.62. The predicted octanol–water partition coefficient (Wildman–Crippen LogP) is 5.96. The third-order valence-electron chi connectivity index (χ3n) is 5.22. The molecule has 1 aromatic heterocycles. The van der Waals surface area contributed by atoms with Gasteiger partial charge < -0.3 is 19.9 Å². The van der Waals surface area contributed by atoms with E-state index in [1.165, 1.54) is 18.9 Å². The van der Waals surface area contributed by atoms with Crippen LogP contribution in [0.4, 0.5) is 5.69 Å². The number of nitrogens with zero attached hydrogens (tertiary/aromatic N) is 1. The molecule has 2 N–H and O–H groups in total. The van der Waals surface area contributed by atoms with E-state index < -0.39 is 5.97 Å². The molecule has 1 atom stereocenters. The van der Waals surface area contributed by atoms with Gasteiger partial charge in [0.2, 0.25) is 11.8 Å². The summed E-state index contributed by atoms with van der Waals surface area (Å²) in [6.07, 6.45) is 5.19. The number of hydrogen-bond donors (Lipinski definition) is 2. The van der Waals surface area contributed by atoms with Gasteiger partial charge in [-0.1, -0.05) is 44.9 Å². The molecule has 0 spiro atoms. The van der Waals surface area contributed by atoms with Crippen LogP contribution >= 0.6 is 0 Å². The van der Waals surface area contributed by atoms with Crippen molar-refractivity contribution in [2.45, 2.75) is 39.5 Å². The number of benzene rings is 2. The van der Waals surface area contributed by atoms with E-state index in [2.05, 4.69) is 24.1 Å². The van der Waals surface area contributed by atoms with E-state index in [9.17, 15) is 14.7 Å². The Balaban J connectivity index is 1.50. The summed E-state index contributed by atoms with van der Waals surface area (Å²) in [6.45, 7) is 5.08. The molecule has 7 nitrogen and oxygen atoms in total. The number of amides is 1. The Hall–Kier alpha value is -3.87. The van der Waals surface area contributed by atoms with Gasteiger partial charge in [-0.15, -0.1) is 0 Å². The summed E-state index contributed by atoms with van der Waals surface area (Å²) in [5, 5.41) is 11.9. The van der Waals surface area contributed by atoms with Gasteiger partial charge in [-0.25, -0.2) is 9.78 Å². The van der Waals surface area contributed by atoms with Gasteiger partial charge in [0.05, 0.1) is 24.3 Å². The maximum absolute atomic E-state index is 12.3. The monoisotopic (exact) mass is 462 g/mol. The molecule has 0 aliphatic rings. The van der Waals surface area contributed by atoms with E-state index in [1.807, 2.05) is 24.3 Å². The van der Waals surface area contributed by atoms with Crippen molar-refractivity contribution < 1.29 is 24.2 Å². The topological polar surface area (TPSA) is 97.8 Å². The number of carbonyl (C=O) groups is 2. The van der Waals surface area contributed by atoms with Crippen molar-refractivity contribution in [3.8, 4) is 17.4 Å². The summed E-state index contributed by atoms with van der Waals surface area (Å²) in [5.41, 5.74) is 0.981. The number of aromatic nitrogens is 1. The predicted molar refractivity (Wildman–Crippen MR) is 131 cm³/mol. The Bertz CT molecular complexity index is 1080. The average molecular weight is 463 g/mol. The highest BCUT2D eigenvalue weighted by Gasteiger charge is 2.12. The summed E-state index contributed by atoms with van der Waals surface area (Å²) >= 11 is 0. The number of pyridine rings is 1. The second kappa shape index (κ2) is 12.4. The molecular formula is C27H30N2O5. The minimum Gasteiger partial charge on any atom is -0.493 e. The van der Waals surface area contributed by atoms with Gasteiger partial charge in [0.25, 0.3) is 0 Å². The number of rotatable bonds is 12. The smallest absolute Gasteiger partial charge is 0.337 e. The number of hydrogen-bond acceptors (Lipinski definition) is 5. The number of aromatic carboxylic acids is 1. The first-order chi connectivity index (χ1) is 16.4. The van der Waals surface area contributed by atoms with Gasteiger partial charge in [0, 0.05) is 12.3 Å². The highest BCUT2D eigenvalue weighted by atomic mass is 16.5. The number of carboxylic acid groups (broad SMARTS) is 1. The normalized spacial score (nSPS) is 11.5. The second-order valence-electron chi connectivity index (χ2n) is 8.21. The summed E-state index contributed by atoms with van der Waals surface area (Å²) in [7, 11) is 0. The fraction of sp³-hybridized carbons (Fsp3) is 0.296. The van der Waals surface area contributed by atoms with E-state index in [1.54, 1.807) is 36.5 Å². The van der Waals surface area contributed by atoms with Crippen molar-refractivity contribution in [3.05, 3.63) is 78.0 Å². The van der Waals surface area contributed by atoms with Crippen LogP contribution in [0.3, 0.4) is 0 Å². The summed E-state index contributed by atoms with van der Waals surface area (Å²) in [4.78, 5) is 27.9. The van der Waals surface area contributed by atoms with E-state index >= 15 is 0 Å². The zero-order valence-electron chi connectivity index (χ0n) is 19.5. The van der Waals surface area contributed by atoms with E-state index in [-0.39, 0.29) is 23.6 Å². The van der Waals surface area contributed by atoms with Crippen LogP contribution in [0.2, 0.25) is 0 Å². The zero-order chi connectivity index (χ0) is 24.3. The molecule has 0 saturated heterocycles. The highest BCUT2D eigenvalue weighted by molar-refractivity contribution is 6.00. The number of nitrogens with one attached hydrogen (secondary N) is 1. The Morgan fingerprint density at radius 1 is 1.03 bits per heavy atom. The van der Waals surface area contributed by atoms with Crippen LogP contribution in [-0.2, 0) is 11.2 Å². The van der Waals surface area contributed by atoms with E-state index in [0.29, 0.717) is 29.7 Å². The quantitative estimate of drug-likeness (QED) is 0.345. The lowest BCUT2D eigenvalue weighted by atomic mass is 10.1. The van der Waals surface area contributed by atoms with Crippen LogP contribution < -0.4 is 14.8 Å². The molecule has 0 bridgehead atoms. The van der Waals surface area contributed by atoms with Crippen LogP contribution in [0.1, 0.15) is 49.0 Å². The first kappa shape index (κ1) is 24.8. The molecule has 0 aliphatic carbocycles. The highest BCUT2D eigenvalue weighted by Crippen LogP contribution is 2.23. The molecule has 3 aromatic rings. The maximum atomic E-state index is 12.3. The first-order valence-electron chi connectivity index (χ1n) is 11.4. The SMILES string of the molecule is CCCCC(C)COc1ccc(Oc2ccc(CC(=O)Nc3ccccc3C(=O)O)cn2)cc1. The summed E-state index contributed by atoms with van der Waals surface area (Å²) < 4.78 is 11.6. The Labute approximate surface area is 199 Å². The molecule has 0 radical (unpaired) electrons. The standard InChI is InChI=1S/C27H30N2O5/c1-3-4-7-19(2)18-33-21-11-13-22(14-12-21)34-26-15-10-20(17-28-26)16-25(30)29-24-9-6-5-8-23(24)27(31)32/h5-6,8-15,17,19H,3-4,7,16,18H2,1-2H3,(H,29,30)(H,31,32). The van der Waals surface area contributed by atoms with Crippen molar-refractivity contribution in [3.63, 3.8) is 0 Å². The number of para-hydroxylation sites is 1. The fourth-order valence-electron chi connectivity index (χ4n) is 3.33. The van der Waals surface area contributed by atoms with Gasteiger partial charge in [0.1, 0.15) is 11.5 Å². The minimum absolute atomic E-state index is 0.0418. The van der Waals surface area contributed by atoms with Crippen molar-refractivity contribution >= 4 is 17.6 Å². The van der Waals surface area contributed by atoms with Gasteiger partial charge in [0.15, 0.2) is 0 Å². The van der Waals surface area contributed by atoms with Crippen molar-refractivity contribution in [2.24, 2.45) is 5.92 Å². The molecule has 2 aromatic carbocycles. The largest absolute Gasteiger partial charge is 0.493 e. The number of unbranched alkanes of at least 4 members (excludes halogenated alkanes) is 1. The van der Waals surface area contributed by atoms with Crippen LogP contribution in [0, 0.1) is 5.92 Å². The van der Waals surface area contributed by atoms with Crippen LogP contribution in [-0.4, -0.2) is 28.6 Å². The third-order valence-corrected chi connectivity index (χ3v) is 5.22. The molecule has 3 rings (SSSR count). The van der Waals surface area contributed by atoms with Crippen molar-refractivity contribution in [1.29, 1.82) is 0 Å².